The van der Waals surface area contributed by atoms with Gasteiger partial charge in [0.2, 0.25) is 5.91 Å². The molecule has 2 rings (SSSR count). The van der Waals surface area contributed by atoms with Crippen molar-refractivity contribution in [3.8, 4) is 0 Å². The summed E-state index contributed by atoms with van der Waals surface area (Å²) in [5.74, 6) is 0.0328. The average molecular weight is 290 g/mol. The molecular formula is C16H22N2OS. The molecule has 0 bridgehead atoms. The molecule has 108 valence electrons. The minimum absolute atomic E-state index is 0.0328. The van der Waals surface area contributed by atoms with Crippen LogP contribution in [0.15, 0.2) is 30.3 Å². The van der Waals surface area contributed by atoms with E-state index in [-0.39, 0.29) is 17.5 Å². The largest absolute Gasteiger partial charge is 0.350 e. The first-order chi connectivity index (χ1) is 9.35. The summed E-state index contributed by atoms with van der Waals surface area (Å²) in [5.41, 5.74) is -0.181. The van der Waals surface area contributed by atoms with Crippen LogP contribution in [-0.2, 0) is 4.79 Å². The maximum Gasteiger partial charge on any atom is 0.234 e. The predicted octanol–water partition coefficient (Wildman–Crippen LogP) is 3.47. The van der Waals surface area contributed by atoms with Gasteiger partial charge in [-0.05, 0) is 45.2 Å². The highest BCUT2D eigenvalue weighted by molar-refractivity contribution is 7.19. The molecule has 4 heteroatoms. The molecule has 1 amide bonds. The van der Waals surface area contributed by atoms with Crippen molar-refractivity contribution in [1.29, 1.82) is 0 Å². The van der Waals surface area contributed by atoms with Crippen LogP contribution in [0.25, 0.3) is 10.1 Å². The summed E-state index contributed by atoms with van der Waals surface area (Å²) in [6.45, 7) is 8.39. The van der Waals surface area contributed by atoms with Crippen LogP contribution in [0.4, 0.5) is 0 Å². The highest BCUT2D eigenvalue weighted by atomic mass is 32.1. The van der Waals surface area contributed by atoms with Gasteiger partial charge >= 0.3 is 0 Å². The Hall–Kier alpha value is -1.39. The number of hydrogen-bond donors (Lipinski definition) is 2. The normalized spacial score (nSPS) is 13.4. The number of carbonyl (C=O) groups is 1. The number of benzene rings is 1. The molecule has 2 N–H and O–H groups in total. The fourth-order valence-electron chi connectivity index (χ4n) is 2.02. The summed E-state index contributed by atoms with van der Waals surface area (Å²) >= 11 is 1.78. The van der Waals surface area contributed by atoms with Crippen molar-refractivity contribution < 1.29 is 4.79 Å². The second kappa shape index (κ2) is 5.94. The molecule has 0 radical (unpaired) electrons. The van der Waals surface area contributed by atoms with E-state index in [2.05, 4.69) is 41.8 Å². The molecular weight excluding hydrogens is 268 g/mol. The predicted molar refractivity (Wildman–Crippen MR) is 86.1 cm³/mol. The molecule has 0 aliphatic rings. The summed E-state index contributed by atoms with van der Waals surface area (Å²) in [7, 11) is 0. The summed E-state index contributed by atoms with van der Waals surface area (Å²) in [4.78, 5) is 13.1. The zero-order valence-corrected chi connectivity index (χ0v) is 13.3. The lowest BCUT2D eigenvalue weighted by molar-refractivity contribution is -0.121. The molecule has 1 heterocycles. The lowest BCUT2D eigenvalue weighted by Gasteiger charge is -2.21. The molecule has 0 aliphatic heterocycles. The summed E-state index contributed by atoms with van der Waals surface area (Å²) < 4.78 is 1.29. The number of carbonyl (C=O) groups excluding carboxylic acids is 1. The number of amides is 1. The van der Waals surface area contributed by atoms with Gasteiger partial charge < -0.3 is 10.6 Å². The van der Waals surface area contributed by atoms with E-state index in [0.717, 1.165) is 0 Å². The van der Waals surface area contributed by atoms with Gasteiger partial charge in [0.05, 0.1) is 6.54 Å². The first kappa shape index (κ1) is 15.0. The zero-order chi connectivity index (χ0) is 14.8. The number of rotatable bonds is 4. The highest BCUT2D eigenvalue weighted by Crippen LogP contribution is 2.29. The smallest absolute Gasteiger partial charge is 0.234 e. The van der Waals surface area contributed by atoms with Crippen LogP contribution in [0.5, 0.6) is 0 Å². The Morgan fingerprint density at radius 2 is 2.00 bits per heavy atom. The molecule has 0 saturated carbocycles. The topological polar surface area (TPSA) is 41.1 Å². The van der Waals surface area contributed by atoms with E-state index in [1.165, 1.54) is 15.0 Å². The number of hydrogen-bond acceptors (Lipinski definition) is 3. The number of fused-ring (bicyclic) bond motifs is 1. The van der Waals surface area contributed by atoms with Gasteiger partial charge in [0, 0.05) is 21.2 Å². The van der Waals surface area contributed by atoms with Gasteiger partial charge in [-0.1, -0.05) is 18.2 Å². The van der Waals surface area contributed by atoms with E-state index < -0.39 is 0 Å². The van der Waals surface area contributed by atoms with E-state index >= 15 is 0 Å². The van der Waals surface area contributed by atoms with Gasteiger partial charge in [0.1, 0.15) is 0 Å². The van der Waals surface area contributed by atoms with Gasteiger partial charge in [0.25, 0.3) is 0 Å². The Morgan fingerprint density at radius 1 is 1.30 bits per heavy atom. The third kappa shape index (κ3) is 4.05. The Labute approximate surface area is 124 Å². The van der Waals surface area contributed by atoms with Gasteiger partial charge in [-0.2, -0.15) is 0 Å². The third-order valence-electron chi connectivity index (χ3n) is 2.95. The van der Waals surface area contributed by atoms with Crippen molar-refractivity contribution in [3.63, 3.8) is 0 Å². The van der Waals surface area contributed by atoms with Crippen LogP contribution in [-0.4, -0.2) is 18.0 Å². The third-order valence-corrected chi connectivity index (χ3v) is 4.25. The second-order valence-corrected chi connectivity index (χ2v) is 7.20. The van der Waals surface area contributed by atoms with Gasteiger partial charge in [-0.3, -0.25) is 4.79 Å². The Bertz CT molecular complexity index is 565. The van der Waals surface area contributed by atoms with Gasteiger partial charge in [0.15, 0.2) is 0 Å². The quantitative estimate of drug-likeness (QED) is 0.905. The van der Waals surface area contributed by atoms with Crippen molar-refractivity contribution in [2.24, 2.45) is 0 Å². The number of thiophene rings is 1. The summed E-state index contributed by atoms with van der Waals surface area (Å²) in [6.07, 6.45) is 0. The van der Waals surface area contributed by atoms with Crippen molar-refractivity contribution in [3.05, 3.63) is 35.2 Å². The van der Waals surface area contributed by atoms with Gasteiger partial charge in [-0.25, -0.2) is 0 Å². The molecule has 0 aliphatic carbocycles. The van der Waals surface area contributed by atoms with Crippen molar-refractivity contribution >= 4 is 27.3 Å². The Balaban J connectivity index is 1.95. The van der Waals surface area contributed by atoms with E-state index in [1.54, 1.807) is 11.3 Å². The van der Waals surface area contributed by atoms with Crippen LogP contribution in [0.3, 0.4) is 0 Å². The fraction of sp³-hybridized carbons (Fsp3) is 0.438. The summed E-state index contributed by atoms with van der Waals surface area (Å²) in [5, 5.41) is 7.50. The highest BCUT2D eigenvalue weighted by Gasteiger charge is 2.15. The van der Waals surface area contributed by atoms with Crippen LogP contribution in [0.2, 0.25) is 0 Å². The van der Waals surface area contributed by atoms with Crippen molar-refractivity contribution in [2.45, 2.75) is 39.3 Å². The summed E-state index contributed by atoms with van der Waals surface area (Å²) in [6, 6.07) is 10.7. The minimum atomic E-state index is -0.181. The van der Waals surface area contributed by atoms with E-state index in [9.17, 15) is 4.79 Å². The maximum absolute atomic E-state index is 11.8. The monoisotopic (exact) mass is 290 g/mol. The second-order valence-electron chi connectivity index (χ2n) is 6.09. The standard InChI is InChI=1S/C16H22N2OS/c1-11(17-10-15(19)18-16(2,3)4)14-9-12-7-5-6-8-13(12)20-14/h5-9,11,17H,10H2,1-4H3,(H,18,19). The van der Waals surface area contributed by atoms with Gasteiger partial charge in [-0.15, -0.1) is 11.3 Å². The molecule has 1 atom stereocenters. The minimum Gasteiger partial charge on any atom is -0.350 e. The van der Waals surface area contributed by atoms with E-state index in [4.69, 9.17) is 0 Å². The van der Waals surface area contributed by atoms with E-state index in [0.29, 0.717) is 6.54 Å². The lowest BCUT2D eigenvalue weighted by atomic mass is 10.1. The first-order valence-corrected chi connectivity index (χ1v) is 7.70. The van der Waals surface area contributed by atoms with Crippen LogP contribution >= 0.6 is 11.3 Å². The molecule has 0 fully saturated rings. The number of nitrogens with one attached hydrogen (secondary N) is 2. The van der Waals surface area contributed by atoms with E-state index in [1.807, 2.05) is 26.8 Å². The lowest BCUT2D eigenvalue weighted by Crippen LogP contribution is -2.45. The zero-order valence-electron chi connectivity index (χ0n) is 12.5. The van der Waals surface area contributed by atoms with Crippen molar-refractivity contribution in [1.82, 2.24) is 10.6 Å². The Kier molecular flexibility index (Phi) is 4.45. The molecule has 0 saturated heterocycles. The molecule has 1 aromatic heterocycles. The molecule has 20 heavy (non-hydrogen) atoms. The first-order valence-electron chi connectivity index (χ1n) is 6.88. The fourth-order valence-corrected chi connectivity index (χ4v) is 3.12. The SMILES string of the molecule is CC(NCC(=O)NC(C)(C)C)c1cc2ccccc2s1. The molecule has 0 spiro atoms. The van der Waals surface area contributed by atoms with Crippen LogP contribution in [0, 0.1) is 0 Å². The van der Waals surface area contributed by atoms with Crippen LogP contribution in [0.1, 0.15) is 38.6 Å². The molecule has 3 nitrogen and oxygen atoms in total. The maximum atomic E-state index is 11.8. The molecule has 1 aromatic carbocycles. The molecule has 2 aromatic rings. The van der Waals surface area contributed by atoms with Crippen LogP contribution < -0.4 is 10.6 Å². The average Bonchev–Trinajstić information content (AvgIpc) is 2.77. The molecule has 1 unspecified atom stereocenters. The van der Waals surface area contributed by atoms with Crippen molar-refractivity contribution in [2.75, 3.05) is 6.54 Å². The Morgan fingerprint density at radius 3 is 2.65 bits per heavy atom.